The molecule has 0 amide bonds. The van der Waals surface area contributed by atoms with Crippen molar-refractivity contribution in [3.8, 4) is 0 Å². The quantitative estimate of drug-likeness (QED) is 0.106. The maximum absolute atomic E-state index is 13.5. The molecule has 8 unspecified atom stereocenters. The van der Waals surface area contributed by atoms with Crippen molar-refractivity contribution in [2.75, 3.05) is 33.2 Å². The number of ether oxygens (including phenoxy) is 9. The fraction of sp³-hybridized carbons (Fsp3) is 0.667. The predicted octanol–water partition coefficient (Wildman–Crippen LogP) is -0.0772. The maximum atomic E-state index is 13.5. The van der Waals surface area contributed by atoms with E-state index in [0.29, 0.717) is 5.65 Å². The number of rotatable bonds is 17. The normalized spacial score (nSPS) is 31.5. The second kappa shape index (κ2) is 17.8. The summed E-state index contributed by atoms with van der Waals surface area (Å²) in [6.07, 6.45) is -8.07. The Bertz CT molecular complexity index is 2010. The first-order valence-electron chi connectivity index (χ1n) is 17.0. The third kappa shape index (κ3) is 9.64. The molecule has 2 saturated heterocycles. The number of anilines is 1. The summed E-state index contributed by atoms with van der Waals surface area (Å²) in [5.41, 5.74) is 6.50. The molecular formula is C30H41N5O20P2S. The van der Waals surface area contributed by atoms with Crippen molar-refractivity contribution in [3.05, 3.63) is 12.7 Å². The van der Waals surface area contributed by atoms with Gasteiger partial charge in [-0.15, -0.1) is 0 Å². The number of phosphoric acid groups is 1. The number of nitrogens with two attached hydrogens (primary N) is 1. The van der Waals surface area contributed by atoms with E-state index in [2.05, 4.69) is 15.0 Å². The van der Waals surface area contributed by atoms with Crippen LogP contribution in [0, 0.1) is 11.8 Å². The fourth-order valence-electron chi connectivity index (χ4n) is 7.13. The molecule has 0 aromatic carbocycles. The van der Waals surface area contributed by atoms with Crippen molar-refractivity contribution in [2.45, 2.75) is 89.5 Å². The molecule has 2 aliphatic heterocycles. The number of nitrogen functional groups attached to an aromatic ring is 1. The molecule has 0 bridgehead atoms. The van der Waals surface area contributed by atoms with E-state index < -0.39 is 124 Å². The minimum atomic E-state index is -5.57. The molecule has 1 saturated carbocycles. The van der Waals surface area contributed by atoms with Crippen molar-refractivity contribution in [1.82, 2.24) is 19.5 Å². The number of imidazole rings is 1. The van der Waals surface area contributed by atoms with Gasteiger partial charge in [-0.05, 0) is 11.8 Å². The molecular weight excluding hydrogens is 844 g/mol. The molecule has 4 heterocycles. The highest BCUT2D eigenvalue weighted by Crippen LogP contribution is 2.66. The lowest BCUT2D eigenvalue weighted by atomic mass is 9.85. The Labute approximate surface area is 333 Å². The van der Waals surface area contributed by atoms with Gasteiger partial charge in [0.1, 0.15) is 54.7 Å². The second-order valence-corrected chi connectivity index (χ2v) is 17.3. The van der Waals surface area contributed by atoms with Gasteiger partial charge < -0.3 is 62.7 Å². The van der Waals surface area contributed by atoms with Crippen LogP contribution in [-0.2, 0) is 96.3 Å². The zero-order valence-electron chi connectivity index (χ0n) is 31.8. The maximum Gasteiger partial charge on any atom is 0.481 e. The van der Waals surface area contributed by atoms with Gasteiger partial charge in [-0.2, -0.15) is 0 Å². The molecule has 4 N–H and O–H groups in total. The molecule has 3 aliphatic rings. The van der Waals surface area contributed by atoms with E-state index in [9.17, 15) is 38.3 Å². The summed E-state index contributed by atoms with van der Waals surface area (Å²) < 4.78 is 80.5. The number of phosphoric ester groups is 1. The smallest absolute Gasteiger partial charge is 0.462 e. The monoisotopic (exact) mass is 885 g/mol. The Morgan fingerprint density at radius 3 is 2.17 bits per heavy atom. The summed E-state index contributed by atoms with van der Waals surface area (Å²) in [5.74, 6) is -10.3. The van der Waals surface area contributed by atoms with Crippen LogP contribution in [0.5, 0.6) is 0 Å². The van der Waals surface area contributed by atoms with Gasteiger partial charge in [-0.1, -0.05) is 0 Å². The van der Waals surface area contributed by atoms with Gasteiger partial charge in [0.15, 0.2) is 36.2 Å². The summed E-state index contributed by atoms with van der Waals surface area (Å²) in [7, 11) is -2.83. The van der Waals surface area contributed by atoms with Crippen molar-refractivity contribution in [2.24, 2.45) is 11.8 Å². The molecule has 0 spiro atoms. The highest BCUT2D eigenvalue weighted by atomic mass is 32.5. The molecule has 1 aliphatic carbocycles. The molecule has 58 heavy (non-hydrogen) atoms. The number of aromatic nitrogens is 4. The van der Waals surface area contributed by atoms with Gasteiger partial charge in [-0.3, -0.25) is 33.1 Å². The average Bonchev–Trinajstić information content (AvgIpc) is 3.73. The van der Waals surface area contributed by atoms with E-state index in [0.717, 1.165) is 34.6 Å². The number of nitrogens with zero attached hydrogens (tertiary/aromatic N) is 4. The van der Waals surface area contributed by atoms with Crippen molar-refractivity contribution < 1.29 is 94.3 Å². The molecule has 3 fully saturated rings. The molecule has 322 valence electrons. The first kappa shape index (κ1) is 45.3. The molecule has 25 nitrogen and oxygen atoms in total. The Balaban J connectivity index is 1.37. The van der Waals surface area contributed by atoms with Crippen LogP contribution in [0.3, 0.4) is 0 Å². The van der Waals surface area contributed by atoms with Gasteiger partial charge in [-0.25, -0.2) is 23.8 Å². The standard InChI is InChI=1S/C30H41N5O20P2S/c1-12(36)46-8-17(48-13(2)37)19-23(49-14(3)38)24(50-15(4)39)20-29(53-30(19,20)52-16(5)40)54-56(41,42)55-57(43,58)47-9-18-22(44-6)25(45-7)28(51-18)35-11-34-21-26(31)32-10-33-27(21)35/h10-11,17-20,22-25,28-29H,8-9H2,1-7H3,(H,41,42)(H,43,58)(H2,31,32,33)/t17-,18-,19?,20?,22?,23-,24?,25?,28-,29+,30?,57?/m1/s1. The zero-order valence-corrected chi connectivity index (χ0v) is 34.4. The van der Waals surface area contributed by atoms with Crippen LogP contribution >= 0.6 is 14.5 Å². The number of carbonyl (C=O) groups is 5. The highest BCUT2D eigenvalue weighted by molar-refractivity contribution is 8.08. The topological polar surface area (TPSA) is 323 Å². The number of esters is 5. The number of carbonyl (C=O) groups excluding carboxylic acids is 5. The number of hydrogen-bond acceptors (Lipinski definition) is 23. The SMILES string of the molecule is COC1C(OC)[C@@H](COP(O)(=S)OP(=O)(O)O[C@@H]2OC3(OC(C)=O)C2C(OC(C)=O)[C@H](OC(C)=O)C3[C@@H](COC(C)=O)OC(C)=O)O[C@H]1n1cnc2c(N)ncnc21. The summed E-state index contributed by atoms with van der Waals surface area (Å²) in [6.45, 7) is -1.08. The lowest BCUT2D eigenvalue weighted by molar-refractivity contribution is -0.426. The van der Waals surface area contributed by atoms with E-state index >= 15 is 0 Å². The van der Waals surface area contributed by atoms with Gasteiger partial charge in [0.2, 0.25) is 5.79 Å². The van der Waals surface area contributed by atoms with Gasteiger partial charge in [0.25, 0.3) is 0 Å². The molecule has 28 heteroatoms. The van der Waals surface area contributed by atoms with Crippen LogP contribution in [0.15, 0.2) is 12.7 Å². The second-order valence-electron chi connectivity index (χ2n) is 12.9. The summed E-state index contributed by atoms with van der Waals surface area (Å²) in [5, 5.41) is 0. The third-order valence-corrected chi connectivity index (χ3v) is 12.5. The van der Waals surface area contributed by atoms with Crippen molar-refractivity contribution >= 4 is 73.2 Å². The van der Waals surface area contributed by atoms with Crippen LogP contribution in [0.25, 0.3) is 11.2 Å². The highest BCUT2D eigenvalue weighted by Gasteiger charge is 2.79. The summed E-state index contributed by atoms with van der Waals surface area (Å²) in [4.78, 5) is 95.4. The molecule has 0 radical (unpaired) electrons. The van der Waals surface area contributed by atoms with E-state index in [-0.39, 0.29) is 11.3 Å². The zero-order chi connectivity index (χ0) is 42.9. The van der Waals surface area contributed by atoms with Gasteiger partial charge >= 0.3 is 44.4 Å². The van der Waals surface area contributed by atoms with Gasteiger partial charge in [0.05, 0.1) is 12.9 Å². The molecule has 2 aromatic heterocycles. The number of hydrogen-bond donors (Lipinski definition) is 3. The Hall–Kier alpha value is -3.78. The van der Waals surface area contributed by atoms with Crippen LogP contribution in [-0.4, -0.2) is 135 Å². The lowest BCUT2D eigenvalue weighted by Gasteiger charge is -2.52. The Morgan fingerprint density at radius 2 is 1.59 bits per heavy atom. The fourth-order valence-corrected chi connectivity index (χ4v) is 10.2. The average molecular weight is 886 g/mol. The first-order valence-corrected chi connectivity index (χ1v) is 21.1. The van der Waals surface area contributed by atoms with Crippen LogP contribution in [0.2, 0.25) is 0 Å². The molecule has 5 rings (SSSR count). The third-order valence-electron chi connectivity index (χ3n) is 8.97. The van der Waals surface area contributed by atoms with E-state index in [4.69, 9.17) is 73.5 Å². The first-order chi connectivity index (χ1) is 27.1. The van der Waals surface area contributed by atoms with Gasteiger partial charge in [0, 0.05) is 48.8 Å². The van der Waals surface area contributed by atoms with E-state index in [1.165, 1.54) is 31.4 Å². The predicted molar refractivity (Wildman–Crippen MR) is 189 cm³/mol. The number of fused-ring (bicyclic) bond motifs is 2. The van der Waals surface area contributed by atoms with Crippen molar-refractivity contribution in [1.29, 1.82) is 0 Å². The molecule has 13 atom stereocenters. The molecule has 2 aromatic rings. The van der Waals surface area contributed by atoms with E-state index in [1.54, 1.807) is 0 Å². The largest absolute Gasteiger partial charge is 0.481 e. The number of methoxy groups -OCH3 is 2. The van der Waals surface area contributed by atoms with Crippen LogP contribution in [0.1, 0.15) is 40.8 Å². The minimum absolute atomic E-state index is 0.112. The van der Waals surface area contributed by atoms with Crippen molar-refractivity contribution in [3.63, 3.8) is 0 Å². The minimum Gasteiger partial charge on any atom is -0.462 e. The summed E-state index contributed by atoms with van der Waals surface area (Å²) in [6, 6.07) is 0. The lowest BCUT2D eigenvalue weighted by Crippen LogP contribution is -2.67. The van der Waals surface area contributed by atoms with Crippen LogP contribution in [0.4, 0.5) is 5.82 Å². The van der Waals surface area contributed by atoms with Crippen LogP contribution < -0.4 is 5.73 Å². The Kier molecular flexibility index (Phi) is 13.9. The Morgan fingerprint density at radius 1 is 0.931 bits per heavy atom. The van der Waals surface area contributed by atoms with E-state index in [1.807, 2.05) is 0 Å². The summed E-state index contributed by atoms with van der Waals surface area (Å²) >= 11 is 5.02.